The normalized spacial score (nSPS) is 18.2. The molecule has 0 saturated carbocycles. The molecular formula is C19H23N3OS. The quantitative estimate of drug-likeness (QED) is 0.798. The molecule has 2 aromatic rings. The molecule has 0 amide bonds. The van der Waals surface area contributed by atoms with Gasteiger partial charge in [-0.1, -0.05) is 17.7 Å². The zero-order chi connectivity index (χ0) is 17.3. The average molecular weight is 341 g/mol. The third-order valence-electron chi connectivity index (χ3n) is 4.09. The zero-order valence-electron chi connectivity index (χ0n) is 14.5. The van der Waals surface area contributed by atoms with E-state index >= 15 is 0 Å². The molecule has 0 spiro atoms. The van der Waals surface area contributed by atoms with Crippen LogP contribution in [0.25, 0.3) is 0 Å². The highest BCUT2D eigenvalue weighted by Gasteiger charge is 2.34. The smallest absolute Gasteiger partial charge is 0.172 e. The van der Waals surface area contributed by atoms with Gasteiger partial charge in [0.25, 0.3) is 0 Å². The Bertz CT molecular complexity index is 773. The number of aryl methyl sites for hydroxylation is 2. The number of pyridine rings is 1. The van der Waals surface area contributed by atoms with Gasteiger partial charge in [0.2, 0.25) is 0 Å². The fourth-order valence-corrected chi connectivity index (χ4v) is 3.26. The lowest BCUT2D eigenvalue weighted by molar-refractivity contribution is 0.0696. The fraction of sp³-hybridized carbons (Fsp3) is 0.368. The minimum Gasteiger partial charge on any atom is -0.487 e. The van der Waals surface area contributed by atoms with Gasteiger partial charge in [0.15, 0.2) is 5.11 Å². The maximum Gasteiger partial charge on any atom is 0.172 e. The Hall–Kier alpha value is -2.14. The standard InChI is InChI=1S/C19H23N3OS/c1-12-5-6-16-14(9-12)15(11-19(3,4)23-16)21-18(24)22-17-10-13(2)7-8-20-17/h5-10,15H,11H2,1-4H3,(H2,20,21,22,24)/t15-/m1/s1. The molecule has 1 aromatic heterocycles. The number of rotatable bonds is 2. The Morgan fingerprint density at radius 1 is 1.21 bits per heavy atom. The highest BCUT2D eigenvalue weighted by Crippen LogP contribution is 2.39. The lowest BCUT2D eigenvalue weighted by Crippen LogP contribution is -2.42. The molecule has 1 aliphatic heterocycles. The maximum absolute atomic E-state index is 6.10. The second-order valence-corrected chi connectivity index (χ2v) is 7.38. The maximum atomic E-state index is 6.10. The van der Waals surface area contributed by atoms with Gasteiger partial charge in [-0.3, -0.25) is 0 Å². The molecule has 3 rings (SSSR count). The summed E-state index contributed by atoms with van der Waals surface area (Å²) in [6, 6.07) is 10.3. The van der Waals surface area contributed by atoms with Crippen LogP contribution < -0.4 is 15.4 Å². The summed E-state index contributed by atoms with van der Waals surface area (Å²) in [5.74, 6) is 1.68. The van der Waals surface area contributed by atoms with Crippen LogP contribution in [0.3, 0.4) is 0 Å². The Labute approximate surface area is 148 Å². The minimum absolute atomic E-state index is 0.105. The van der Waals surface area contributed by atoms with E-state index in [9.17, 15) is 0 Å². The van der Waals surface area contributed by atoms with Crippen LogP contribution in [0.5, 0.6) is 5.75 Å². The molecular weight excluding hydrogens is 318 g/mol. The first kappa shape index (κ1) is 16.7. The van der Waals surface area contributed by atoms with E-state index in [4.69, 9.17) is 17.0 Å². The van der Waals surface area contributed by atoms with E-state index in [0.29, 0.717) is 5.11 Å². The van der Waals surface area contributed by atoms with Gasteiger partial charge in [-0.05, 0) is 63.7 Å². The van der Waals surface area contributed by atoms with Gasteiger partial charge in [-0.25, -0.2) is 4.98 Å². The Morgan fingerprint density at radius 2 is 1.96 bits per heavy atom. The van der Waals surface area contributed by atoms with E-state index in [-0.39, 0.29) is 11.6 Å². The van der Waals surface area contributed by atoms with Crippen LogP contribution in [0.2, 0.25) is 0 Å². The van der Waals surface area contributed by atoms with E-state index in [2.05, 4.69) is 48.5 Å². The Balaban J connectivity index is 1.79. The van der Waals surface area contributed by atoms with Crippen LogP contribution in [0.4, 0.5) is 5.82 Å². The number of aromatic nitrogens is 1. The van der Waals surface area contributed by atoms with Crippen molar-refractivity contribution in [1.82, 2.24) is 10.3 Å². The third-order valence-corrected chi connectivity index (χ3v) is 4.30. The number of fused-ring (bicyclic) bond motifs is 1. The van der Waals surface area contributed by atoms with Gasteiger partial charge in [0.1, 0.15) is 17.2 Å². The van der Waals surface area contributed by atoms with E-state index in [1.54, 1.807) is 6.20 Å². The SMILES string of the molecule is Cc1ccnc(NC(=S)N[C@@H]2CC(C)(C)Oc3ccc(C)cc32)c1. The highest BCUT2D eigenvalue weighted by molar-refractivity contribution is 7.80. The summed E-state index contributed by atoms with van der Waals surface area (Å²) in [7, 11) is 0. The summed E-state index contributed by atoms with van der Waals surface area (Å²) in [6.07, 6.45) is 2.61. The molecule has 5 heteroatoms. The van der Waals surface area contributed by atoms with Crippen LogP contribution in [0.1, 0.15) is 43.0 Å². The molecule has 24 heavy (non-hydrogen) atoms. The monoisotopic (exact) mass is 341 g/mol. The summed E-state index contributed by atoms with van der Waals surface area (Å²) < 4.78 is 6.10. The molecule has 2 N–H and O–H groups in total. The Morgan fingerprint density at radius 3 is 2.71 bits per heavy atom. The molecule has 126 valence electrons. The molecule has 1 atom stereocenters. The molecule has 0 aliphatic carbocycles. The van der Waals surface area contributed by atoms with Crippen LogP contribution in [-0.2, 0) is 0 Å². The molecule has 1 aliphatic rings. The summed E-state index contributed by atoms with van der Waals surface area (Å²) in [5.41, 5.74) is 3.26. The van der Waals surface area contributed by atoms with Gasteiger partial charge in [-0.2, -0.15) is 0 Å². The summed E-state index contributed by atoms with van der Waals surface area (Å²) >= 11 is 5.49. The van der Waals surface area contributed by atoms with Crippen molar-refractivity contribution in [2.75, 3.05) is 5.32 Å². The van der Waals surface area contributed by atoms with Crippen molar-refractivity contribution in [2.45, 2.75) is 45.8 Å². The lowest BCUT2D eigenvalue weighted by atomic mass is 9.89. The zero-order valence-corrected chi connectivity index (χ0v) is 15.3. The number of hydrogen-bond acceptors (Lipinski definition) is 3. The first-order valence-electron chi connectivity index (χ1n) is 8.12. The molecule has 4 nitrogen and oxygen atoms in total. The number of ether oxygens (including phenoxy) is 1. The molecule has 1 aromatic carbocycles. The Kier molecular flexibility index (Phi) is 4.45. The second-order valence-electron chi connectivity index (χ2n) is 6.98. The van der Waals surface area contributed by atoms with E-state index in [1.807, 2.05) is 25.1 Å². The molecule has 0 saturated heterocycles. The molecule has 0 radical (unpaired) electrons. The lowest BCUT2D eigenvalue weighted by Gasteiger charge is -2.38. The van der Waals surface area contributed by atoms with Crippen molar-refractivity contribution >= 4 is 23.1 Å². The highest BCUT2D eigenvalue weighted by atomic mass is 32.1. The second kappa shape index (κ2) is 6.40. The minimum atomic E-state index is -0.239. The van der Waals surface area contributed by atoms with E-state index in [0.717, 1.165) is 29.1 Å². The van der Waals surface area contributed by atoms with Crippen LogP contribution >= 0.6 is 12.2 Å². The fourth-order valence-electron chi connectivity index (χ4n) is 3.02. The largest absolute Gasteiger partial charge is 0.487 e. The number of nitrogens with zero attached hydrogens (tertiary/aromatic N) is 1. The number of hydrogen-bond donors (Lipinski definition) is 2. The molecule has 0 fully saturated rings. The predicted octanol–water partition coefficient (Wildman–Crippen LogP) is 4.29. The molecule has 0 bridgehead atoms. The van der Waals surface area contributed by atoms with Gasteiger partial charge in [0, 0.05) is 18.2 Å². The first-order valence-corrected chi connectivity index (χ1v) is 8.53. The van der Waals surface area contributed by atoms with Crippen molar-refractivity contribution in [1.29, 1.82) is 0 Å². The van der Waals surface area contributed by atoms with E-state index in [1.165, 1.54) is 5.56 Å². The van der Waals surface area contributed by atoms with E-state index < -0.39 is 0 Å². The van der Waals surface area contributed by atoms with Crippen molar-refractivity contribution in [3.05, 3.63) is 53.2 Å². The summed E-state index contributed by atoms with van der Waals surface area (Å²) in [4.78, 5) is 4.30. The van der Waals surface area contributed by atoms with Crippen molar-refractivity contribution in [3.8, 4) is 5.75 Å². The number of nitrogens with one attached hydrogen (secondary N) is 2. The summed E-state index contributed by atoms with van der Waals surface area (Å²) in [6.45, 7) is 8.32. The average Bonchev–Trinajstić information content (AvgIpc) is 2.47. The van der Waals surface area contributed by atoms with Crippen LogP contribution in [0.15, 0.2) is 36.5 Å². The number of anilines is 1. The van der Waals surface area contributed by atoms with Gasteiger partial charge < -0.3 is 15.4 Å². The van der Waals surface area contributed by atoms with Crippen molar-refractivity contribution < 1.29 is 4.74 Å². The molecule has 0 unspecified atom stereocenters. The predicted molar refractivity (Wildman–Crippen MR) is 102 cm³/mol. The topological polar surface area (TPSA) is 46.2 Å². The van der Waals surface area contributed by atoms with Crippen molar-refractivity contribution in [2.24, 2.45) is 0 Å². The van der Waals surface area contributed by atoms with Crippen LogP contribution in [-0.4, -0.2) is 15.7 Å². The van der Waals surface area contributed by atoms with Gasteiger partial charge in [-0.15, -0.1) is 0 Å². The third kappa shape index (κ3) is 3.85. The van der Waals surface area contributed by atoms with Crippen molar-refractivity contribution in [3.63, 3.8) is 0 Å². The number of thiocarbonyl (C=S) groups is 1. The number of benzene rings is 1. The van der Waals surface area contributed by atoms with Crippen LogP contribution in [0, 0.1) is 13.8 Å². The van der Waals surface area contributed by atoms with Gasteiger partial charge >= 0.3 is 0 Å². The first-order chi connectivity index (χ1) is 11.3. The van der Waals surface area contributed by atoms with Gasteiger partial charge in [0.05, 0.1) is 6.04 Å². The molecule has 2 heterocycles. The summed E-state index contributed by atoms with van der Waals surface area (Å²) in [5, 5.41) is 7.17.